The highest BCUT2D eigenvalue weighted by atomic mass is 79.9. The minimum Gasteiger partial charge on any atom is -0.195 e. The number of hydrogen-bond acceptors (Lipinski definition) is 2. The molecule has 0 N–H and O–H groups in total. The third-order valence-corrected chi connectivity index (χ3v) is 1.87. The Labute approximate surface area is 107 Å². The van der Waals surface area contributed by atoms with Crippen LogP contribution in [0.15, 0.2) is 28.7 Å². The van der Waals surface area contributed by atoms with Crippen molar-refractivity contribution in [3.63, 3.8) is 0 Å². The van der Waals surface area contributed by atoms with Gasteiger partial charge in [0.15, 0.2) is 0 Å². The summed E-state index contributed by atoms with van der Waals surface area (Å²) in [4.78, 5) is 0. The number of halogens is 6. The fourth-order valence-corrected chi connectivity index (χ4v) is 1.20. The van der Waals surface area contributed by atoms with Gasteiger partial charge >= 0.3 is 14.4 Å². The van der Waals surface area contributed by atoms with Crippen LogP contribution in [0.3, 0.4) is 0 Å². The second-order valence-corrected chi connectivity index (χ2v) is 6.88. The summed E-state index contributed by atoms with van der Waals surface area (Å²) >= 11 is 2.81. The minimum absolute atomic E-state index is 0.0764. The average Bonchev–Trinajstić information content (AvgIpc) is 1.99. The monoisotopic (exact) mass is 358 g/mol. The van der Waals surface area contributed by atoms with Crippen LogP contribution in [-0.2, 0) is 14.4 Å². The van der Waals surface area contributed by atoms with E-state index in [9.17, 15) is 13.2 Å². The summed E-state index contributed by atoms with van der Waals surface area (Å²) in [6, 6.07) is 5.29. The van der Waals surface area contributed by atoms with Crippen LogP contribution in [0.2, 0.25) is 0 Å². The first kappa shape index (κ1) is 16.0. The Bertz CT molecular complexity index is 439. The molecular formula is C7H4BrCl2F3O2S. The van der Waals surface area contributed by atoms with Crippen LogP contribution >= 0.6 is 37.3 Å². The summed E-state index contributed by atoms with van der Waals surface area (Å²) in [7, 11) is 4.81. The van der Waals surface area contributed by atoms with Crippen LogP contribution in [0, 0.1) is 0 Å². The zero-order chi connectivity index (χ0) is 13.0. The van der Waals surface area contributed by atoms with Crippen LogP contribution in [-0.4, -0.2) is 8.42 Å². The lowest BCUT2D eigenvalue weighted by molar-refractivity contribution is -0.138. The van der Waals surface area contributed by atoms with Gasteiger partial charge in [0, 0.05) is 25.8 Å². The molecule has 1 aromatic rings. The quantitative estimate of drug-likeness (QED) is 0.651. The molecule has 0 unspecified atom stereocenters. The third-order valence-electron chi connectivity index (χ3n) is 1.18. The van der Waals surface area contributed by atoms with Crippen molar-refractivity contribution in [3.05, 3.63) is 34.3 Å². The lowest BCUT2D eigenvalue weighted by atomic mass is 10.2. The van der Waals surface area contributed by atoms with Crippen LogP contribution in [0.5, 0.6) is 0 Å². The Balaban J connectivity index is 0.000000385. The maximum Gasteiger partial charge on any atom is 0.417 e. The summed E-state index contributed by atoms with van der Waals surface area (Å²) in [6.07, 6.45) is -4.26. The molecule has 0 radical (unpaired) electrons. The molecule has 0 saturated heterocycles. The summed E-state index contributed by atoms with van der Waals surface area (Å²) in [6.45, 7) is 0. The molecule has 0 heterocycles. The maximum atomic E-state index is 12.0. The van der Waals surface area contributed by atoms with E-state index in [-0.39, 0.29) is 4.47 Å². The van der Waals surface area contributed by atoms with Gasteiger partial charge in [0.05, 0.1) is 5.56 Å². The van der Waals surface area contributed by atoms with Crippen LogP contribution in [0.25, 0.3) is 0 Å². The maximum absolute atomic E-state index is 12.0. The van der Waals surface area contributed by atoms with Crippen molar-refractivity contribution in [1.29, 1.82) is 0 Å². The van der Waals surface area contributed by atoms with Gasteiger partial charge in [-0.1, -0.05) is 28.1 Å². The zero-order valence-electron chi connectivity index (χ0n) is 7.30. The molecule has 0 saturated carbocycles. The molecule has 1 rings (SSSR count). The van der Waals surface area contributed by atoms with E-state index in [0.29, 0.717) is 0 Å². The molecule has 1 aromatic carbocycles. The summed E-state index contributed by atoms with van der Waals surface area (Å²) in [5.74, 6) is 0. The van der Waals surface area contributed by atoms with Crippen molar-refractivity contribution in [2.24, 2.45) is 0 Å². The van der Waals surface area contributed by atoms with Gasteiger partial charge in [0.2, 0.25) is 0 Å². The zero-order valence-corrected chi connectivity index (χ0v) is 11.2. The van der Waals surface area contributed by atoms with Gasteiger partial charge in [0.1, 0.15) is 0 Å². The lowest BCUT2D eigenvalue weighted by Gasteiger charge is -2.07. The van der Waals surface area contributed by atoms with E-state index in [1.54, 1.807) is 6.07 Å². The lowest BCUT2D eigenvalue weighted by Crippen LogP contribution is -2.05. The van der Waals surface area contributed by atoms with E-state index < -0.39 is 20.0 Å². The summed E-state index contributed by atoms with van der Waals surface area (Å²) in [5, 5.41) is 0. The first-order valence-corrected chi connectivity index (χ1v) is 7.40. The fourth-order valence-electron chi connectivity index (χ4n) is 0.691. The smallest absolute Gasteiger partial charge is 0.195 e. The molecule has 0 bridgehead atoms. The van der Waals surface area contributed by atoms with Crippen molar-refractivity contribution in [1.82, 2.24) is 0 Å². The SMILES string of the molecule is FC(F)(F)c1ccccc1Br.O=S(=O)(Cl)Cl. The molecule has 9 heteroatoms. The predicted octanol–water partition coefficient (Wildman–Crippen LogP) is 4.18. The van der Waals surface area contributed by atoms with Crippen LogP contribution in [0.1, 0.15) is 5.56 Å². The van der Waals surface area contributed by atoms with E-state index in [1.165, 1.54) is 12.1 Å². The summed E-state index contributed by atoms with van der Waals surface area (Å²) in [5.41, 5.74) is -0.639. The first-order chi connectivity index (χ1) is 7.02. The number of alkyl halides is 3. The number of hydrogen-bond donors (Lipinski definition) is 0. The van der Waals surface area contributed by atoms with E-state index in [1.807, 2.05) is 0 Å². The van der Waals surface area contributed by atoms with E-state index in [0.717, 1.165) is 6.07 Å². The highest BCUT2D eigenvalue weighted by Crippen LogP contribution is 2.34. The average molecular weight is 360 g/mol. The molecule has 0 spiro atoms. The molecule has 0 aromatic heterocycles. The standard InChI is InChI=1S/C7H4BrF3.Cl2O2S/c8-6-4-2-1-3-5(6)7(9,10)11;1-5(2,3)4/h1-4H;. The van der Waals surface area contributed by atoms with Crippen LogP contribution in [0.4, 0.5) is 13.2 Å². The van der Waals surface area contributed by atoms with Gasteiger partial charge in [-0.3, -0.25) is 0 Å². The Morgan fingerprint density at radius 2 is 1.50 bits per heavy atom. The second kappa shape index (κ2) is 6.09. The van der Waals surface area contributed by atoms with Gasteiger partial charge in [0.25, 0.3) is 0 Å². The second-order valence-electron chi connectivity index (χ2n) is 2.36. The van der Waals surface area contributed by atoms with E-state index in [2.05, 4.69) is 37.3 Å². The van der Waals surface area contributed by atoms with Crippen molar-refractivity contribution in [2.75, 3.05) is 0 Å². The molecular weight excluding hydrogens is 356 g/mol. The van der Waals surface area contributed by atoms with Crippen molar-refractivity contribution >= 4 is 45.6 Å². The van der Waals surface area contributed by atoms with Crippen molar-refractivity contribution in [2.45, 2.75) is 6.18 Å². The molecule has 0 aliphatic rings. The van der Waals surface area contributed by atoms with E-state index >= 15 is 0 Å². The van der Waals surface area contributed by atoms with Crippen LogP contribution < -0.4 is 0 Å². The molecule has 0 aliphatic heterocycles. The largest absolute Gasteiger partial charge is 0.417 e. The predicted molar refractivity (Wildman–Crippen MR) is 59.8 cm³/mol. The Kier molecular flexibility index (Phi) is 6.10. The Morgan fingerprint density at radius 3 is 1.75 bits per heavy atom. The highest BCUT2D eigenvalue weighted by Gasteiger charge is 2.32. The molecule has 0 fully saturated rings. The van der Waals surface area contributed by atoms with Crippen molar-refractivity contribution < 1.29 is 21.6 Å². The molecule has 0 amide bonds. The van der Waals surface area contributed by atoms with E-state index in [4.69, 9.17) is 8.42 Å². The van der Waals surface area contributed by atoms with Gasteiger partial charge in [-0.2, -0.15) is 21.6 Å². The molecule has 0 atom stereocenters. The van der Waals surface area contributed by atoms with Gasteiger partial charge in [-0.05, 0) is 12.1 Å². The Hall–Kier alpha value is 0.0200. The first-order valence-electron chi connectivity index (χ1n) is 3.48. The number of benzene rings is 1. The van der Waals surface area contributed by atoms with Gasteiger partial charge in [-0.15, -0.1) is 0 Å². The van der Waals surface area contributed by atoms with Gasteiger partial charge < -0.3 is 0 Å². The fraction of sp³-hybridized carbons (Fsp3) is 0.143. The topological polar surface area (TPSA) is 34.1 Å². The van der Waals surface area contributed by atoms with Crippen molar-refractivity contribution in [3.8, 4) is 0 Å². The van der Waals surface area contributed by atoms with Gasteiger partial charge in [-0.25, -0.2) is 0 Å². The molecule has 0 aliphatic carbocycles. The molecule has 2 nitrogen and oxygen atoms in total. The highest BCUT2D eigenvalue weighted by molar-refractivity contribution is 9.10. The third kappa shape index (κ3) is 8.20. The summed E-state index contributed by atoms with van der Waals surface area (Å²) < 4.78 is 54.5. The Morgan fingerprint density at radius 1 is 1.12 bits per heavy atom. The molecule has 16 heavy (non-hydrogen) atoms. The molecule has 92 valence electrons. The minimum atomic E-state index is -4.26. The number of rotatable bonds is 0. The normalized spacial score (nSPS) is 11.6.